The summed E-state index contributed by atoms with van der Waals surface area (Å²) in [7, 11) is 0.0502. The minimum absolute atomic E-state index is 0.111. The van der Waals surface area contributed by atoms with Crippen LogP contribution in [0.2, 0.25) is 10.0 Å². The fourth-order valence-corrected chi connectivity index (χ4v) is 3.85. The number of rotatable bonds is 7. The number of hydrogen-bond donors (Lipinski definition) is 1. The zero-order valence-electron chi connectivity index (χ0n) is 14.8. The van der Waals surface area contributed by atoms with Crippen LogP contribution in [0.4, 0.5) is 5.69 Å². The number of sulfonamides is 1. The van der Waals surface area contributed by atoms with Gasteiger partial charge in [0.15, 0.2) is 0 Å². The molecule has 0 bridgehead atoms. The van der Waals surface area contributed by atoms with Gasteiger partial charge in [-0.15, -0.1) is 0 Å². The number of carbonyl (C=O) groups is 1. The summed E-state index contributed by atoms with van der Waals surface area (Å²) in [6.07, 6.45) is 0. The molecular weight excluding hydrogens is 415 g/mol. The number of amides is 1. The zero-order valence-corrected chi connectivity index (χ0v) is 17.2. The Morgan fingerprint density at radius 1 is 1.11 bits per heavy atom. The second-order valence-electron chi connectivity index (χ2n) is 5.45. The fraction of sp³-hybridized carbons (Fsp3) is 0.235. The molecule has 1 N–H and O–H groups in total. The van der Waals surface area contributed by atoms with Gasteiger partial charge in [-0.25, -0.2) is 8.42 Å². The zero-order chi connectivity index (χ0) is 20.2. The number of halogens is 2. The molecule has 0 saturated carbocycles. The molecule has 27 heavy (non-hydrogen) atoms. The van der Waals surface area contributed by atoms with Crippen LogP contribution in [0.1, 0.15) is 0 Å². The molecule has 2 aromatic carbocycles. The Morgan fingerprint density at radius 3 is 2.44 bits per heavy atom. The molecule has 0 aromatic heterocycles. The minimum Gasteiger partial charge on any atom is -0.497 e. The molecule has 0 atom stereocenters. The monoisotopic (exact) mass is 432 g/mol. The maximum atomic E-state index is 12.9. The van der Waals surface area contributed by atoms with Gasteiger partial charge in [0.05, 0.1) is 31.5 Å². The van der Waals surface area contributed by atoms with Crippen molar-refractivity contribution in [3.05, 3.63) is 46.4 Å². The van der Waals surface area contributed by atoms with Crippen LogP contribution < -0.4 is 14.8 Å². The summed E-state index contributed by atoms with van der Waals surface area (Å²) in [6.45, 7) is -0.439. The average molecular weight is 433 g/mol. The van der Waals surface area contributed by atoms with Gasteiger partial charge in [0.2, 0.25) is 15.9 Å². The number of carbonyl (C=O) groups excluding carboxylic acids is 1. The Kier molecular flexibility index (Phi) is 6.94. The van der Waals surface area contributed by atoms with E-state index in [1.54, 1.807) is 12.1 Å². The molecule has 1 amide bonds. The highest BCUT2D eigenvalue weighted by atomic mass is 35.5. The van der Waals surface area contributed by atoms with Crippen molar-refractivity contribution in [1.82, 2.24) is 4.31 Å². The van der Waals surface area contributed by atoms with Crippen LogP contribution in [-0.2, 0) is 14.8 Å². The second kappa shape index (κ2) is 8.79. The quantitative estimate of drug-likeness (QED) is 0.725. The summed E-state index contributed by atoms with van der Waals surface area (Å²) in [6, 6.07) is 8.96. The number of benzene rings is 2. The van der Waals surface area contributed by atoms with Crippen molar-refractivity contribution in [1.29, 1.82) is 0 Å². The summed E-state index contributed by atoms with van der Waals surface area (Å²) in [5.74, 6) is -0.0917. The summed E-state index contributed by atoms with van der Waals surface area (Å²) < 4.78 is 36.8. The van der Waals surface area contributed by atoms with E-state index in [0.29, 0.717) is 16.5 Å². The first-order valence-corrected chi connectivity index (χ1v) is 9.82. The van der Waals surface area contributed by atoms with Crippen LogP contribution in [-0.4, -0.2) is 46.4 Å². The lowest BCUT2D eigenvalue weighted by atomic mass is 10.3. The molecule has 0 heterocycles. The van der Waals surface area contributed by atoms with Gasteiger partial charge in [-0.1, -0.05) is 23.2 Å². The number of nitrogens with zero attached hydrogens (tertiary/aromatic N) is 1. The van der Waals surface area contributed by atoms with Crippen LogP contribution in [0.25, 0.3) is 0 Å². The van der Waals surface area contributed by atoms with Crippen molar-refractivity contribution < 1.29 is 22.7 Å². The predicted molar refractivity (Wildman–Crippen MR) is 104 cm³/mol. The van der Waals surface area contributed by atoms with E-state index >= 15 is 0 Å². The molecule has 0 unspecified atom stereocenters. The molecule has 10 heteroatoms. The van der Waals surface area contributed by atoms with Gasteiger partial charge < -0.3 is 14.8 Å². The predicted octanol–water partition coefficient (Wildman–Crippen LogP) is 3.27. The molecule has 146 valence electrons. The van der Waals surface area contributed by atoms with Gasteiger partial charge in [0, 0.05) is 18.1 Å². The van der Waals surface area contributed by atoms with E-state index in [1.165, 1.54) is 45.5 Å². The molecule has 0 aliphatic heterocycles. The summed E-state index contributed by atoms with van der Waals surface area (Å²) in [4.78, 5) is 12.2. The first-order chi connectivity index (χ1) is 12.7. The molecule has 0 saturated heterocycles. The Labute approximate surface area is 167 Å². The standard InChI is InChI=1S/C17H18Cl2N2O5S/c1-21(10-17(22)20-14-8-11(18)4-6-13(14)19)27(23,24)16-9-12(25-2)5-7-15(16)26-3/h4-9H,10H2,1-3H3,(H,20,22). The molecule has 0 aliphatic carbocycles. The van der Waals surface area contributed by atoms with Crippen LogP contribution >= 0.6 is 23.2 Å². The molecule has 0 fully saturated rings. The lowest BCUT2D eigenvalue weighted by Crippen LogP contribution is -2.35. The molecule has 7 nitrogen and oxygen atoms in total. The number of nitrogens with one attached hydrogen (secondary N) is 1. The second-order valence-corrected chi connectivity index (χ2v) is 8.31. The summed E-state index contributed by atoms with van der Waals surface area (Å²) in [5, 5.41) is 3.21. The van der Waals surface area contributed by atoms with Crippen molar-refractivity contribution in [3.63, 3.8) is 0 Å². The highest BCUT2D eigenvalue weighted by Gasteiger charge is 2.27. The van der Waals surface area contributed by atoms with Crippen LogP contribution in [0, 0.1) is 0 Å². The van der Waals surface area contributed by atoms with Gasteiger partial charge in [-0.3, -0.25) is 4.79 Å². The lowest BCUT2D eigenvalue weighted by Gasteiger charge is -2.19. The largest absolute Gasteiger partial charge is 0.497 e. The minimum atomic E-state index is -4.01. The highest BCUT2D eigenvalue weighted by molar-refractivity contribution is 7.89. The fourth-order valence-electron chi connectivity index (χ4n) is 2.22. The van der Waals surface area contributed by atoms with E-state index in [0.717, 1.165) is 4.31 Å². The van der Waals surface area contributed by atoms with Crippen LogP contribution in [0.3, 0.4) is 0 Å². The van der Waals surface area contributed by atoms with Gasteiger partial charge in [0.1, 0.15) is 16.4 Å². The maximum Gasteiger partial charge on any atom is 0.247 e. The van der Waals surface area contributed by atoms with Crippen molar-refractivity contribution >= 4 is 44.8 Å². The van der Waals surface area contributed by atoms with E-state index in [-0.39, 0.29) is 15.7 Å². The van der Waals surface area contributed by atoms with Gasteiger partial charge in [-0.2, -0.15) is 4.31 Å². The van der Waals surface area contributed by atoms with E-state index in [9.17, 15) is 13.2 Å². The molecule has 0 radical (unpaired) electrons. The van der Waals surface area contributed by atoms with Crippen molar-refractivity contribution in [2.75, 3.05) is 33.1 Å². The maximum absolute atomic E-state index is 12.9. The van der Waals surface area contributed by atoms with Gasteiger partial charge in [0.25, 0.3) is 0 Å². The molecule has 0 aliphatic rings. The molecule has 2 rings (SSSR count). The molecular formula is C17H18Cl2N2O5S. The Hall–Kier alpha value is -2.00. The number of likely N-dealkylation sites (N-methyl/N-ethyl adjacent to an activating group) is 1. The van der Waals surface area contributed by atoms with Crippen LogP contribution in [0.15, 0.2) is 41.3 Å². The average Bonchev–Trinajstić information content (AvgIpc) is 2.63. The van der Waals surface area contributed by atoms with Gasteiger partial charge in [-0.05, 0) is 30.3 Å². The first kappa shape index (κ1) is 21.3. The Morgan fingerprint density at radius 2 is 1.81 bits per heavy atom. The number of methoxy groups -OCH3 is 2. The Bertz CT molecular complexity index is 950. The van der Waals surface area contributed by atoms with E-state index in [4.69, 9.17) is 32.7 Å². The number of hydrogen-bond acceptors (Lipinski definition) is 5. The molecule has 0 spiro atoms. The van der Waals surface area contributed by atoms with Crippen molar-refractivity contribution in [3.8, 4) is 11.5 Å². The third-order valence-corrected chi connectivity index (χ3v) is 6.02. The number of anilines is 1. The van der Waals surface area contributed by atoms with E-state index in [1.807, 2.05) is 0 Å². The third kappa shape index (κ3) is 5.04. The SMILES string of the molecule is COc1ccc(OC)c(S(=O)(=O)N(C)CC(=O)Nc2cc(Cl)ccc2Cl)c1. The smallest absolute Gasteiger partial charge is 0.247 e. The van der Waals surface area contributed by atoms with Crippen LogP contribution in [0.5, 0.6) is 11.5 Å². The third-order valence-electron chi connectivity index (χ3n) is 3.63. The van der Waals surface area contributed by atoms with Crippen molar-refractivity contribution in [2.24, 2.45) is 0 Å². The normalized spacial score (nSPS) is 11.3. The molecule has 2 aromatic rings. The van der Waals surface area contributed by atoms with E-state index < -0.39 is 22.5 Å². The summed E-state index contributed by atoms with van der Waals surface area (Å²) >= 11 is 11.9. The number of ether oxygens (including phenoxy) is 2. The summed E-state index contributed by atoms with van der Waals surface area (Å²) in [5.41, 5.74) is 0.291. The first-order valence-electron chi connectivity index (χ1n) is 7.62. The van der Waals surface area contributed by atoms with Gasteiger partial charge >= 0.3 is 0 Å². The Balaban J connectivity index is 2.22. The highest BCUT2D eigenvalue weighted by Crippen LogP contribution is 2.30. The van der Waals surface area contributed by atoms with E-state index in [2.05, 4.69) is 5.32 Å². The lowest BCUT2D eigenvalue weighted by molar-refractivity contribution is -0.116. The topological polar surface area (TPSA) is 84.9 Å². The van der Waals surface area contributed by atoms with Crippen molar-refractivity contribution in [2.45, 2.75) is 4.90 Å².